The Labute approximate surface area is 68.1 Å². The molecular formula is N3O6Pt. The van der Waals surface area contributed by atoms with Crippen LogP contribution >= 0.6 is 0 Å². The van der Waals surface area contributed by atoms with Crippen LogP contribution in [0.1, 0.15) is 0 Å². The van der Waals surface area contributed by atoms with Gasteiger partial charge in [0.2, 0.25) is 0 Å². The molecule has 0 atom stereocenters. The zero-order chi connectivity index (χ0) is 8.12. The van der Waals surface area contributed by atoms with Crippen molar-refractivity contribution in [3.05, 3.63) is 30.3 Å². The van der Waals surface area contributed by atoms with Gasteiger partial charge >= 0.3 is 21.1 Å². The van der Waals surface area contributed by atoms with Crippen molar-refractivity contribution in [2.24, 2.45) is 16.0 Å². The van der Waals surface area contributed by atoms with E-state index in [2.05, 4.69) is 0 Å². The van der Waals surface area contributed by atoms with Gasteiger partial charge in [0.25, 0.3) is 0 Å². The molecule has 1 radical (unpaired) electrons. The second-order valence-corrected chi connectivity index (χ2v) is 0.224. The molecule has 0 aromatic heterocycles. The van der Waals surface area contributed by atoms with Crippen molar-refractivity contribution in [2.75, 3.05) is 0 Å². The topological polar surface area (TPSA) is 157 Å². The zero-order valence-electron chi connectivity index (χ0n) is 4.11. The Morgan fingerprint density at radius 3 is 0.700 bits per heavy atom. The molecule has 0 saturated heterocycles. The predicted octanol–water partition coefficient (Wildman–Crippen LogP) is 0.749. The van der Waals surface area contributed by atoms with Gasteiger partial charge < -0.3 is 30.3 Å². The third kappa shape index (κ3) is 193. The van der Waals surface area contributed by atoms with Gasteiger partial charge in [0, 0.05) is 0 Å². The van der Waals surface area contributed by atoms with Crippen LogP contribution in [0.4, 0.5) is 0 Å². The maximum Gasteiger partial charge on any atom is 3.00 e. The van der Waals surface area contributed by atoms with E-state index in [-0.39, 0.29) is 21.1 Å². The Kier molecular flexibility index (Phi) is 243. The minimum atomic E-state index is 0. The molecule has 0 aromatic rings. The zero-order valence-corrected chi connectivity index (χ0v) is 6.38. The van der Waals surface area contributed by atoms with Crippen molar-refractivity contribution >= 4 is 0 Å². The summed E-state index contributed by atoms with van der Waals surface area (Å²) in [6.07, 6.45) is 0. The third-order valence-corrected chi connectivity index (χ3v) is 0. The minimum absolute atomic E-state index is 0. The van der Waals surface area contributed by atoms with E-state index in [4.69, 9.17) is 30.3 Å². The molecule has 10 heteroatoms. The predicted molar refractivity (Wildman–Crippen MR) is 27.5 cm³/mol. The van der Waals surface area contributed by atoms with Crippen LogP contribution in [0.3, 0.4) is 0 Å². The monoisotopic (exact) mass is 333 g/mol. The minimum Gasteiger partial charge on any atom is -0.444 e. The fourth-order valence-electron chi connectivity index (χ4n) is 0. The van der Waals surface area contributed by atoms with Crippen LogP contribution in [0, 0.1) is 30.3 Å². The van der Waals surface area contributed by atoms with E-state index >= 15 is 0 Å². The molecule has 0 aliphatic rings. The summed E-state index contributed by atoms with van der Waals surface area (Å²) in [5.41, 5.74) is 0. The van der Waals surface area contributed by atoms with E-state index in [1.54, 1.807) is 0 Å². The average Bonchev–Trinajstić information content (AvgIpc) is 1.70. The van der Waals surface area contributed by atoms with E-state index in [9.17, 15) is 0 Å². The molecule has 0 rings (SSSR count). The Morgan fingerprint density at radius 1 is 0.700 bits per heavy atom. The van der Waals surface area contributed by atoms with Gasteiger partial charge in [-0.25, -0.2) is 0 Å². The first kappa shape index (κ1) is 23.1. The molecule has 0 fully saturated rings. The number of hydrogen-bond donors (Lipinski definition) is 0. The normalized spacial score (nSPS) is 3.60. The van der Waals surface area contributed by atoms with Gasteiger partial charge in [-0.05, 0) is 0 Å². The number of rotatable bonds is 0. The SMILES string of the molecule is O=N[O-].O=N[O-].O=N[O-].[Pt+3]. The first-order valence-corrected chi connectivity index (χ1v) is 1.10. The molecule has 10 heavy (non-hydrogen) atoms. The van der Waals surface area contributed by atoms with E-state index in [0.29, 0.717) is 0 Å². The maximum atomic E-state index is 8.00. The van der Waals surface area contributed by atoms with Crippen LogP contribution in [-0.4, -0.2) is 0 Å². The summed E-state index contributed by atoms with van der Waals surface area (Å²) in [4.78, 5) is 24.0. The van der Waals surface area contributed by atoms with Crippen molar-refractivity contribution in [3.63, 3.8) is 0 Å². The van der Waals surface area contributed by atoms with Crippen LogP contribution in [0.2, 0.25) is 0 Å². The van der Waals surface area contributed by atoms with Gasteiger partial charge in [0.05, 0.1) is 0 Å². The molecule has 0 amide bonds. The molecule has 61 valence electrons. The van der Waals surface area contributed by atoms with Crippen LogP contribution < -0.4 is 0 Å². The Morgan fingerprint density at radius 2 is 0.700 bits per heavy atom. The fraction of sp³-hybridized carbons (Fsp3) is 0. The molecule has 0 spiro atoms. The third-order valence-electron chi connectivity index (χ3n) is 0. The molecule has 0 aliphatic heterocycles. The summed E-state index contributed by atoms with van der Waals surface area (Å²) in [6.45, 7) is 0. The summed E-state index contributed by atoms with van der Waals surface area (Å²) >= 11 is 0. The summed E-state index contributed by atoms with van der Waals surface area (Å²) in [5, 5.41) is 27.0. The average molecular weight is 333 g/mol. The van der Waals surface area contributed by atoms with Crippen LogP contribution in [0.15, 0.2) is 16.0 Å². The molecule has 0 heterocycles. The van der Waals surface area contributed by atoms with Crippen molar-refractivity contribution in [1.82, 2.24) is 0 Å². The molecular weight excluding hydrogens is 333 g/mol. The molecule has 0 aromatic carbocycles. The summed E-state index contributed by atoms with van der Waals surface area (Å²) in [5.74, 6) is 0. The van der Waals surface area contributed by atoms with Gasteiger partial charge in [-0.15, -0.1) is 16.0 Å². The Hall–Kier alpha value is -1.11. The number of nitrogens with zero attached hydrogens (tertiary/aromatic N) is 3. The van der Waals surface area contributed by atoms with Gasteiger partial charge in [-0.3, -0.25) is 0 Å². The molecule has 0 N–H and O–H groups in total. The quantitative estimate of drug-likeness (QED) is 0.470. The Bertz CT molecular complexity index is 49.7. The first-order chi connectivity index (χ1) is 4.24. The summed E-state index contributed by atoms with van der Waals surface area (Å²) in [6, 6.07) is 0. The van der Waals surface area contributed by atoms with Crippen molar-refractivity contribution in [2.45, 2.75) is 0 Å². The molecule has 0 saturated carbocycles. The van der Waals surface area contributed by atoms with Crippen molar-refractivity contribution in [3.8, 4) is 0 Å². The standard InChI is InChI=1S/3HNO2.Pt/c3*2-1-3;/h3*(H,2,3);/q;;;+3/p-3. The van der Waals surface area contributed by atoms with Crippen LogP contribution in [0.5, 0.6) is 0 Å². The molecule has 9 nitrogen and oxygen atoms in total. The van der Waals surface area contributed by atoms with Gasteiger partial charge in [-0.1, -0.05) is 0 Å². The first-order valence-electron chi connectivity index (χ1n) is 1.10. The molecule has 0 aliphatic carbocycles. The molecule has 0 unspecified atom stereocenters. The van der Waals surface area contributed by atoms with Crippen molar-refractivity contribution in [1.29, 1.82) is 0 Å². The van der Waals surface area contributed by atoms with Crippen molar-refractivity contribution < 1.29 is 21.1 Å². The van der Waals surface area contributed by atoms with E-state index < -0.39 is 0 Å². The second-order valence-electron chi connectivity index (χ2n) is 0.224. The van der Waals surface area contributed by atoms with Gasteiger partial charge in [0.1, 0.15) is 0 Å². The van der Waals surface area contributed by atoms with Crippen LogP contribution in [0.25, 0.3) is 0 Å². The second kappa shape index (κ2) is 105. The van der Waals surface area contributed by atoms with Gasteiger partial charge in [-0.2, -0.15) is 0 Å². The smallest absolute Gasteiger partial charge is 0.444 e. The van der Waals surface area contributed by atoms with E-state index in [1.165, 1.54) is 0 Å². The largest absolute Gasteiger partial charge is 3.00 e. The number of hydrogen-bond acceptors (Lipinski definition) is 9. The Balaban J connectivity index is -0.0000000257. The molecule has 0 bridgehead atoms. The van der Waals surface area contributed by atoms with Gasteiger partial charge in [0.15, 0.2) is 0 Å². The summed E-state index contributed by atoms with van der Waals surface area (Å²) < 4.78 is 0. The van der Waals surface area contributed by atoms with E-state index in [1.807, 2.05) is 0 Å². The summed E-state index contributed by atoms with van der Waals surface area (Å²) in [7, 11) is 0. The van der Waals surface area contributed by atoms with Crippen LogP contribution in [-0.2, 0) is 21.1 Å². The fourth-order valence-corrected chi connectivity index (χ4v) is 0. The maximum absolute atomic E-state index is 8.00. The van der Waals surface area contributed by atoms with E-state index in [0.717, 1.165) is 16.0 Å².